The second-order valence-corrected chi connectivity index (χ2v) is 5.16. The molecule has 0 saturated heterocycles. The predicted octanol–water partition coefficient (Wildman–Crippen LogP) is 3.52. The standard InChI is InChI=1S/C16H18O2/c17-12-16(9-3-4-10-16)18-15-8-7-13-5-1-2-6-14(13)11-15/h1-2,5-8,11,17H,3-4,9-10,12H2. The normalized spacial score (nSPS) is 18.1. The third-order valence-electron chi connectivity index (χ3n) is 3.86. The fourth-order valence-electron chi connectivity index (χ4n) is 2.79. The molecule has 0 aliphatic heterocycles. The maximum atomic E-state index is 9.57. The lowest BCUT2D eigenvalue weighted by molar-refractivity contribution is 0.0153. The molecular formula is C16H18O2. The van der Waals surface area contributed by atoms with Crippen molar-refractivity contribution in [2.24, 2.45) is 0 Å². The van der Waals surface area contributed by atoms with Gasteiger partial charge in [-0.3, -0.25) is 0 Å². The van der Waals surface area contributed by atoms with Crippen LogP contribution < -0.4 is 4.74 Å². The molecule has 0 unspecified atom stereocenters. The monoisotopic (exact) mass is 242 g/mol. The Bertz CT molecular complexity index is 542. The van der Waals surface area contributed by atoms with E-state index >= 15 is 0 Å². The molecule has 94 valence electrons. The highest BCUT2D eigenvalue weighted by molar-refractivity contribution is 5.83. The van der Waals surface area contributed by atoms with Crippen LogP contribution in [-0.2, 0) is 0 Å². The summed E-state index contributed by atoms with van der Waals surface area (Å²) in [4.78, 5) is 0. The van der Waals surface area contributed by atoms with Crippen LogP contribution in [0.3, 0.4) is 0 Å². The van der Waals surface area contributed by atoms with E-state index in [1.807, 2.05) is 18.2 Å². The molecule has 0 aromatic heterocycles. The average molecular weight is 242 g/mol. The van der Waals surface area contributed by atoms with Gasteiger partial charge in [0, 0.05) is 0 Å². The number of fused-ring (bicyclic) bond motifs is 1. The molecule has 0 amide bonds. The molecule has 2 nitrogen and oxygen atoms in total. The van der Waals surface area contributed by atoms with Crippen molar-refractivity contribution in [3.8, 4) is 5.75 Å². The third kappa shape index (κ3) is 2.08. The Morgan fingerprint density at radius 2 is 1.72 bits per heavy atom. The topological polar surface area (TPSA) is 29.5 Å². The Morgan fingerprint density at radius 3 is 2.44 bits per heavy atom. The Labute approximate surface area is 107 Å². The Kier molecular flexibility index (Phi) is 2.96. The molecular weight excluding hydrogens is 224 g/mol. The summed E-state index contributed by atoms with van der Waals surface area (Å²) in [5, 5.41) is 12.0. The van der Waals surface area contributed by atoms with Gasteiger partial charge in [-0.15, -0.1) is 0 Å². The van der Waals surface area contributed by atoms with Gasteiger partial charge in [0.05, 0.1) is 6.61 Å². The summed E-state index contributed by atoms with van der Waals surface area (Å²) < 4.78 is 6.07. The quantitative estimate of drug-likeness (QED) is 0.892. The minimum absolute atomic E-state index is 0.111. The van der Waals surface area contributed by atoms with E-state index in [0.29, 0.717) is 0 Å². The van der Waals surface area contributed by atoms with Gasteiger partial charge in [0.15, 0.2) is 0 Å². The van der Waals surface area contributed by atoms with Gasteiger partial charge in [0.25, 0.3) is 0 Å². The highest BCUT2D eigenvalue weighted by Gasteiger charge is 2.35. The molecule has 1 aliphatic rings. The molecule has 1 fully saturated rings. The molecule has 0 spiro atoms. The molecule has 3 rings (SSSR count). The van der Waals surface area contributed by atoms with Gasteiger partial charge in [0.2, 0.25) is 0 Å². The SMILES string of the molecule is OCC1(Oc2ccc3ccccc3c2)CCCC1. The summed E-state index contributed by atoms with van der Waals surface area (Å²) in [6, 6.07) is 14.4. The number of hydrogen-bond acceptors (Lipinski definition) is 2. The van der Waals surface area contributed by atoms with Gasteiger partial charge in [-0.2, -0.15) is 0 Å². The smallest absolute Gasteiger partial charge is 0.132 e. The number of benzene rings is 2. The van der Waals surface area contributed by atoms with Crippen molar-refractivity contribution in [1.82, 2.24) is 0 Å². The van der Waals surface area contributed by atoms with Gasteiger partial charge in [-0.25, -0.2) is 0 Å². The number of aliphatic hydroxyl groups is 1. The molecule has 1 aliphatic carbocycles. The number of hydrogen-bond donors (Lipinski definition) is 1. The molecule has 2 aromatic carbocycles. The lowest BCUT2D eigenvalue weighted by Gasteiger charge is -2.28. The summed E-state index contributed by atoms with van der Waals surface area (Å²) in [6.45, 7) is 0.111. The van der Waals surface area contributed by atoms with Crippen molar-refractivity contribution in [2.45, 2.75) is 31.3 Å². The van der Waals surface area contributed by atoms with Crippen molar-refractivity contribution >= 4 is 10.8 Å². The molecule has 1 N–H and O–H groups in total. The minimum atomic E-state index is -0.345. The number of ether oxygens (including phenoxy) is 1. The summed E-state index contributed by atoms with van der Waals surface area (Å²) in [6.07, 6.45) is 4.20. The average Bonchev–Trinajstić information content (AvgIpc) is 2.88. The van der Waals surface area contributed by atoms with Crippen molar-refractivity contribution in [3.05, 3.63) is 42.5 Å². The van der Waals surface area contributed by atoms with E-state index in [0.717, 1.165) is 31.4 Å². The third-order valence-corrected chi connectivity index (χ3v) is 3.86. The van der Waals surface area contributed by atoms with Crippen molar-refractivity contribution in [3.63, 3.8) is 0 Å². The first-order valence-electron chi connectivity index (χ1n) is 6.60. The maximum Gasteiger partial charge on any atom is 0.132 e. The highest BCUT2D eigenvalue weighted by Crippen LogP contribution is 2.34. The molecule has 18 heavy (non-hydrogen) atoms. The minimum Gasteiger partial charge on any atom is -0.485 e. The van der Waals surface area contributed by atoms with Crippen LogP contribution in [0.1, 0.15) is 25.7 Å². The summed E-state index contributed by atoms with van der Waals surface area (Å²) >= 11 is 0. The van der Waals surface area contributed by atoms with Gasteiger partial charge < -0.3 is 9.84 Å². The van der Waals surface area contributed by atoms with Gasteiger partial charge in [-0.05, 0) is 48.6 Å². The van der Waals surface area contributed by atoms with E-state index < -0.39 is 0 Å². The highest BCUT2D eigenvalue weighted by atomic mass is 16.5. The van der Waals surface area contributed by atoms with Crippen molar-refractivity contribution < 1.29 is 9.84 Å². The van der Waals surface area contributed by atoms with Crippen LogP contribution in [0.25, 0.3) is 10.8 Å². The van der Waals surface area contributed by atoms with Crippen LogP contribution in [0.5, 0.6) is 5.75 Å². The molecule has 2 heteroatoms. The van der Waals surface area contributed by atoms with E-state index in [9.17, 15) is 5.11 Å². The van der Waals surface area contributed by atoms with Gasteiger partial charge in [0.1, 0.15) is 11.4 Å². The first-order valence-corrected chi connectivity index (χ1v) is 6.60. The molecule has 0 radical (unpaired) electrons. The van der Waals surface area contributed by atoms with Crippen LogP contribution in [0.2, 0.25) is 0 Å². The van der Waals surface area contributed by atoms with Gasteiger partial charge >= 0.3 is 0 Å². The van der Waals surface area contributed by atoms with E-state index in [-0.39, 0.29) is 12.2 Å². The largest absolute Gasteiger partial charge is 0.485 e. The lowest BCUT2D eigenvalue weighted by Crippen LogP contribution is -2.36. The zero-order valence-electron chi connectivity index (χ0n) is 10.4. The summed E-state index contributed by atoms with van der Waals surface area (Å²) in [7, 11) is 0. The fourth-order valence-corrected chi connectivity index (χ4v) is 2.79. The second-order valence-electron chi connectivity index (χ2n) is 5.16. The molecule has 0 bridgehead atoms. The molecule has 2 aromatic rings. The number of rotatable bonds is 3. The van der Waals surface area contributed by atoms with E-state index in [2.05, 4.69) is 24.3 Å². The van der Waals surface area contributed by atoms with Crippen LogP contribution in [0.4, 0.5) is 0 Å². The molecule has 0 atom stereocenters. The van der Waals surface area contributed by atoms with E-state index in [1.54, 1.807) is 0 Å². The van der Waals surface area contributed by atoms with Crippen LogP contribution in [0.15, 0.2) is 42.5 Å². The van der Waals surface area contributed by atoms with Crippen molar-refractivity contribution in [1.29, 1.82) is 0 Å². The van der Waals surface area contributed by atoms with Gasteiger partial charge in [-0.1, -0.05) is 30.3 Å². The Morgan fingerprint density at radius 1 is 1.00 bits per heavy atom. The van der Waals surface area contributed by atoms with E-state index in [1.165, 1.54) is 10.8 Å². The van der Waals surface area contributed by atoms with Crippen molar-refractivity contribution in [2.75, 3.05) is 6.61 Å². The summed E-state index contributed by atoms with van der Waals surface area (Å²) in [5.74, 6) is 0.865. The zero-order valence-corrected chi connectivity index (χ0v) is 10.4. The molecule has 0 heterocycles. The van der Waals surface area contributed by atoms with E-state index in [4.69, 9.17) is 4.74 Å². The van der Waals surface area contributed by atoms with Crippen LogP contribution >= 0.6 is 0 Å². The maximum absolute atomic E-state index is 9.57. The first kappa shape index (κ1) is 11.5. The predicted molar refractivity (Wildman–Crippen MR) is 72.9 cm³/mol. The number of aliphatic hydroxyl groups excluding tert-OH is 1. The van der Waals surface area contributed by atoms with Crippen LogP contribution in [0, 0.1) is 0 Å². The summed E-state index contributed by atoms with van der Waals surface area (Å²) in [5.41, 5.74) is -0.345. The fraction of sp³-hybridized carbons (Fsp3) is 0.375. The Hall–Kier alpha value is -1.54. The molecule has 1 saturated carbocycles. The second kappa shape index (κ2) is 4.62. The lowest BCUT2D eigenvalue weighted by atomic mass is 10.0. The van der Waals surface area contributed by atoms with Crippen LogP contribution in [-0.4, -0.2) is 17.3 Å². The Balaban J connectivity index is 1.90. The first-order chi connectivity index (χ1) is 8.81. The zero-order chi connectivity index (χ0) is 12.4.